The third-order valence-corrected chi connectivity index (χ3v) is 5.62. The van der Waals surface area contributed by atoms with Crippen molar-refractivity contribution in [2.45, 2.75) is 32.4 Å². The number of alkyl halides is 3. The van der Waals surface area contributed by atoms with Crippen LogP contribution in [-0.4, -0.2) is 11.8 Å². The van der Waals surface area contributed by atoms with Crippen LogP contribution in [0.2, 0.25) is 0 Å². The molecule has 3 aromatic rings. The molecule has 4 rings (SSSR count). The van der Waals surface area contributed by atoms with Gasteiger partial charge in [0, 0.05) is 5.69 Å². The smallest absolute Gasteiger partial charge is 0.350 e. The number of amides is 2. The summed E-state index contributed by atoms with van der Waals surface area (Å²) in [6.07, 6.45) is -1.55. The number of nitrogens with zero attached hydrogens (tertiary/aromatic N) is 1. The van der Waals surface area contributed by atoms with Gasteiger partial charge < -0.3 is 5.32 Å². The zero-order valence-corrected chi connectivity index (χ0v) is 18.5. The van der Waals surface area contributed by atoms with E-state index in [4.69, 9.17) is 0 Å². The third kappa shape index (κ3) is 4.73. The Morgan fingerprint density at radius 2 is 1.56 bits per heavy atom. The number of hydrogen-bond donors (Lipinski definition) is 1. The number of benzene rings is 3. The number of carbonyl (C=O) groups is 2. The van der Waals surface area contributed by atoms with Gasteiger partial charge in [-0.05, 0) is 54.3 Å². The molecule has 7 heteroatoms. The van der Waals surface area contributed by atoms with Gasteiger partial charge in [0.25, 0.3) is 11.8 Å². The number of halogens is 3. The lowest BCUT2D eigenvalue weighted by Crippen LogP contribution is -2.32. The van der Waals surface area contributed by atoms with Crippen LogP contribution in [0, 0.1) is 0 Å². The van der Waals surface area contributed by atoms with Gasteiger partial charge in [-0.2, -0.15) is 13.2 Å². The number of anilines is 2. The van der Waals surface area contributed by atoms with Crippen LogP contribution in [0.25, 0.3) is 5.57 Å². The Bertz CT molecular complexity index is 1230. The highest BCUT2D eigenvalue weighted by Gasteiger charge is 2.40. The predicted molar refractivity (Wildman–Crippen MR) is 126 cm³/mol. The van der Waals surface area contributed by atoms with Crippen LogP contribution in [-0.2, 0) is 22.2 Å². The minimum atomic E-state index is -4.53. The van der Waals surface area contributed by atoms with E-state index in [-0.39, 0.29) is 17.0 Å². The molecule has 1 heterocycles. The molecule has 4 nitrogen and oxygen atoms in total. The van der Waals surface area contributed by atoms with Gasteiger partial charge in [-0.3, -0.25) is 9.59 Å². The van der Waals surface area contributed by atoms with E-state index in [0.29, 0.717) is 11.3 Å². The molecule has 0 spiro atoms. The Morgan fingerprint density at radius 3 is 2.21 bits per heavy atom. The highest BCUT2D eigenvalue weighted by Crippen LogP contribution is 2.35. The van der Waals surface area contributed by atoms with E-state index in [1.807, 2.05) is 12.1 Å². The summed E-state index contributed by atoms with van der Waals surface area (Å²) in [6, 6.07) is 20.3. The van der Waals surface area contributed by atoms with Crippen LogP contribution >= 0.6 is 0 Å². The molecule has 1 aliphatic heterocycles. The molecular formula is C27H23F3N2O2. The van der Waals surface area contributed by atoms with Gasteiger partial charge >= 0.3 is 6.18 Å². The maximum atomic E-state index is 13.4. The van der Waals surface area contributed by atoms with E-state index in [1.54, 1.807) is 42.5 Å². The summed E-state index contributed by atoms with van der Waals surface area (Å²) in [5, 5.41) is 2.79. The Labute approximate surface area is 195 Å². The lowest BCUT2D eigenvalue weighted by atomic mass is 10.0. The molecule has 0 saturated heterocycles. The first kappa shape index (κ1) is 23.3. The SMILES string of the molecule is CCCCc1ccc(N2C(=O)C(Nc3cccc(C(F)(F)F)c3)=C(c3ccccc3)C2=O)cc1. The molecule has 0 fully saturated rings. The summed E-state index contributed by atoms with van der Waals surface area (Å²) < 4.78 is 39.6. The lowest BCUT2D eigenvalue weighted by molar-refractivity contribution is -0.137. The second kappa shape index (κ2) is 9.55. The van der Waals surface area contributed by atoms with Crippen LogP contribution < -0.4 is 10.2 Å². The quantitative estimate of drug-likeness (QED) is 0.409. The molecule has 0 unspecified atom stereocenters. The molecular weight excluding hydrogens is 441 g/mol. The van der Waals surface area contributed by atoms with Crippen LogP contribution in [0.5, 0.6) is 0 Å². The van der Waals surface area contributed by atoms with Crippen molar-refractivity contribution in [3.05, 3.63) is 101 Å². The second-order valence-electron chi connectivity index (χ2n) is 8.04. The predicted octanol–water partition coefficient (Wildman–Crippen LogP) is 6.44. The third-order valence-electron chi connectivity index (χ3n) is 5.62. The molecule has 0 saturated carbocycles. The Balaban J connectivity index is 1.72. The zero-order chi connectivity index (χ0) is 24.3. The minimum Gasteiger partial charge on any atom is -0.350 e. The van der Waals surface area contributed by atoms with Crippen molar-refractivity contribution >= 4 is 28.8 Å². The molecule has 0 atom stereocenters. The molecule has 34 heavy (non-hydrogen) atoms. The van der Waals surface area contributed by atoms with Crippen molar-refractivity contribution in [2.75, 3.05) is 10.2 Å². The molecule has 2 amide bonds. The summed E-state index contributed by atoms with van der Waals surface area (Å²) in [5.41, 5.74) is 1.26. The van der Waals surface area contributed by atoms with Crippen molar-refractivity contribution in [1.29, 1.82) is 0 Å². The lowest BCUT2D eigenvalue weighted by Gasteiger charge is -2.16. The monoisotopic (exact) mass is 464 g/mol. The van der Waals surface area contributed by atoms with Gasteiger partial charge in [0.1, 0.15) is 5.70 Å². The number of hydrogen-bond acceptors (Lipinski definition) is 3. The Hall–Kier alpha value is -3.87. The standard InChI is InChI=1S/C27H23F3N2O2/c1-2-3-8-18-13-15-22(16-14-18)32-25(33)23(19-9-5-4-6-10-19)24(26(32)34)31-21-12-7-11-20(17-21)27(28,29)30/h4-7,9-17,31H,2-3,8H2,1H3. The first-order valence-corrected chi connectivity index (χ1v) is 11.0. The normalized spacial score (nSPS) is 14.2. The van der Waals surface area contributed by atoms with Gasteiger partial charge in [0.15, 0.2) is 0 Å². The van der Waals surface area contributed by atoms with Gasteiger partial charge in [-0.25, -0.2) is 4.90 Å². The van der Waals surface area contributed by atoms with Crippen LogP contribution in [0.3, 0.4) is 0 Å². The van der Waals surface area contributed by atoms with E-state index >= 15 is 0 Å². The number of imide groups is 1. The van der Waals surface area contributed by atoms with Gasteiger partial charge in [0.05, 0.1) is 16.8 Å². The van der Waals surface area contributed by atoms with Crippen LogP contribution in [0.1, 0.15) is 36.5 Å². The van der Waals surface area contributed by atoms with E-state index in [1.165, 1.54) is 12.1 Å². The number of nitrogens with one attached hydrogen (secondary N) is 1. The molecule has 1 aliphatic rings. The van der Waals surface area contributed by atoms with Crippen molar-refractivity contribution in [3.8, 4) is 0 Å². The molecule has 0 aliphatic carbocycles. The fraction of sp³-hybridized carbons (Fsp3) is 0.185. The summed E-state index contributed by atoms with van der Waals surface area (Å²) in [6.45, 7) is 2.10. The average molecular weight is 464 g/mol. The van der Waals surface area contributed by atoms with Crippen LogP contribution in [0.4, 0.5) is 24.5 Å². The summed E-state index contributed by atoms with van der Waals surface area (Å²) in [4.78, 5) is 27.9. The molecule has 174 valence electrons. The van der Waals surface area contributed by atoms with Gasteiger partial charge in [-0.15, -0.1) is 0 Å². The van der Waals surface area contributed by atoms with E-state index in [0.717, 1.165) is 41.9 Å². The number of carbonyl (C=O) groups excluding carboxylic acids is 2. The van der Waals surface area contributed by atoms with Crippen molar-refractivity contribution in [1.82, 2.24) is 0 Å². The first-order valence-electron chi connectivity index (χ1n) is 11.0. The van der Waals surface area contributed by atoms with Gasteiger partial charge in [-0.1, -0.05) is 61.9 Å². The second-order valence-corrected chi connectivity index (χ2v) is 8.04. The molecule has 0 bridgehead atoms. The highest BCUT2D eigenvalue weighted by atomic mass is 19.4. The maximum Gasteiger partial charge on any atom is 0.416 e. The highest BCUT2D eigenvalue weighted by molar-refractivity contribution is 6.46. The summed E-state index contributed by atoms with van der Waals surface area (Å²) >= 11 is 0. The van der Waals surface area contributed by atoms with E-state index in [2.05, 4.69) is 12.2 Å². The fourth-order valence-corrected chi connectivity index (χ4v) is 3.86. The topological polar surface area (TPSA) is 49.4 Å². The number of aryl methyl sites for hydroxylation is 1. The van der Waals surface area contributed by atoms with E-state index in [9.17, 15) is 22.8 Å². The summed E-state index contributed by atoms with van der Waals surface area (Å²) in [7, 11) is 0. The van der Waals surface area contributed by atoms with Gasteiger partial charge in [0.2, 0.25) is 0 Å². The van der Waals surface area contributed by atoms with Crippen LogP contribution in [0.15, 0.2) is 84.6 Å². The number of unbranched alkanes of at least 4 members (excludes halogenated alkanes) is 1. The van der Waals surface area contributed by atoms with Crippen molar-refractivity contribution < 1.29 is 22.8 Å². The molecule has 1 N–H and O–H groups in total. The maximum absolute atomic E-state index is 13.4. The van der Waals surface area contributed by atoms with Crippen molar-refractivity contribution in [2.24, 2.45) is 0 Å². The molecule has 3 aromatic carbocycles. The Kier molecular flexibility index (Phi) is 6.54. The molecule has 0 radical (unpaired) electrons. The number of rotatable bonds is 7. The van der Waals surface area contributed by atoms with Crippen molar-refractivity contribution in [3.63, 3.8) is 0 Å². The summed E-state index contributed by atoms with van der Waals surface area (Å²) in [5.74, 6) is -1.16. The largest absolute Gasteiger partial charge is 0.416 e. The molecule has 0 aromatic heterocycles. The minimum absolute atomic E-state index is 0.0643. The fourth-order valence-electron chi connectivity index (χ4n) is 3.86. The zero-order valence-electron chi connectivity index (χ0n) is 18.5. The first-order chi connectivity index (χ1) is 16.3. The van der Waals surface area contributed by atoms with E-state index < -0.39 is 23.6 Å². The Morgan fingerprint density at radius 1 is 0.853 bits per heavy atom. The average Bonchev–Trinajstić information content (AvgIpc) is 3.07.